The predicted octanol–water partition coefficient (Wildman–Crippen LogP) is 15.0. The first-order valence-electron chi connectivity index (χ1n) is 19.8. The Morgan fingerprint density at radius 3 is 1.84 bits per heavy atom. The van der Waals surface area contributed by atoms with Crippen molar-refractivity contribution in [2.24, 2.45) is 9.98 Å². The molecule has 0 amide bonds. The van der Waals surface area contributed by atoms with Gasteiger partial charge in [-0.1, -0.05) is 164 Å². The third-order valence-electron chi connectivity index (χ3n) is 11.2. The first-order chi connectivity index (χ1) is 28.7. The quantitative estimate of drug-likeness (QED) is 0.166. The van der Waals surface area contributed by atoms with Crippen molar-refractivity contribution in [3.05, 3.63) is 211 Å². The lowest BCUT2D eigenvalue weighted by molar-refractivity contribution is 0.669. The number of thiophene rings is 1. The molecular weight excluding hydrogens is 725 g/mol. The smallest absolute Gasteiger partial charge is 0.160 e. The van der Waals surface area contributed by atoms with Gasteiger partial charge in [0.1, 0.15) is 11.2 Å². The fourth-order valence-electron chi connectivity index (χ4n) is 8.24. The molecule has 274 valence electrons. The first kappa shape index (κ1) is 34.1. The molecule has 0 spiro atoms. The standard InChI is InChI=1S/C54H36N2OS/c1-3-11-35(12-4-1)37-21-27-40(28-22-37)54-55-48(18-10-19-49(56-54)42-29-31-45-44-15-7-8-20-50(44)57-51(45)34-42)39-25-23-38(24-26-39)43-16-9-17-46-47-33-41(36-13-5-2-6-14-36)30-32-52(47)58-53(43)46/h1-9,11-18,20-34H,10,19H2/b48-18-,55-54-,56-49+. The summed E-state index contributed by atoms with van der Waals surface area (Å²) in [6.45, 7) is 0. The Bertz CT molecular complexity index is 3240. The largest absolute Gasteiger partial charge is 0.456 e. The predicted molar refractivity (Wildman–Crippen MR) is 246 cm³/mol. The van der Waals surface area contributed by atoms with E-state index in [9.17, 15) is 0 Å². The van der Waals surface area contributed by atoms with Crippen LogP contribution in [0.1, 0.15) is 29.5 Å². The molecule has 1 aliphatic heterocycles. The number of para-hydroxylation sites is 1. The highest BCUT2D eigenvalue weighted by molar-refractivity contribution is 7.26. The highest BCUT2D eigenvalue weighted by atomic mass is 32.1. The van der Waals surface area contributed by atoms with Crippen LogP contribution < -0.4 is 0 Å². The average Bonchev–Trinajstić information content (AvgIpc) is 3.85. The molecule has 3 nitrogen and oxygen atoms in total. The fourth-order valence-corrected chi connectivity index (χ4v) is 9.46. The number of allylic oxidation sites excluding steroid dienone is 1. The fraction of sp³-hybridized carbons (Fsp3) is 0.0370. The number of fused-ring (bicyclic) bond motifs is 6. The van der Waals surface area contributed by atoms with Crippen molar-refractivity contribution >= 4 is 70.7 Å². The molecule has 0 saturated carbocycles. The molecule has 0 N–H and O–H groups in total. The van der Waals surface area contributed by atoms with Crippen molar-refractivity contribution in [2.75, 3.05) is 0 Å². The minimum atomic E-state index is 0.694. The summed E-state index contributed by atoms with van der Waals surface area (Å²) in [5.41, 5.74) is 14.0. The van der Waals surface area contributed by atoms with Crippen molar-refractivity contribution in [1.29, 1.82) is 0 Å². The molecule has 10 aromatic rings. The van der Waals surface area contributed by atoms with Crippen LogP contribution in [0.25, 0.3) is 81.2 Å². The van der Waals surface area contributed by atoms with Crippen molar-refractivity contribution in [2.45, 2.75) is 12.8 Å². The van der Waals surface area contributed by atoms with Gasteiger partial charge in [0, 0.05) is 36.5 Å². The molecule has 0 unspecified atom stereocenters. The number of hydrogen-bond donors (Lipinski definition) is 0. The van der Waals surface area contributed by atoms with E-state index in [4.69, 9.17) is 14.4 Å². The van der Waals surface area contributed by atoms with E-state index in [1.54, 1.807) is 0 Å². The Morgan fingerprint density at radius 1 is 0.414 bits per heavy atom. The molecule has 58 heavy (non-hydrogen) atoms. The molecule has 0 radical (unpaired) electrons. The van der Waals surface area contributed by atoms with E-state index in [1.165, 1.54) is 48.0 Å². The lowest BCUT2D eigenvalue weighted by Crippen LogP contribution is -2.09. The maximum absolute atomic E-state index is 6.29. The second-order valence-electron chi connectivity index (χ2n) is 14.8. The number of hydrogen-bond acceptors (Lipinski definition) is 4. The van der Waals surface area contributed by atoms with E-state index in [0.29, 0.717) is 5.84 Å². The van der Waals surface area contributed by atoms with Gasteiger partial charge in [-0.2, -0.15) is 0 Å². The second-order valence-corrected chi connectivity index (χ2v) is 15.9. The van der Waals surface area contributed by atoms with Crippen LogP contribution in [-0.2, 0) is 0 Å². The molecule has 11 rings (SSSR count). The summed E-state index contributed by atoms with van der Waals surface area (Å²) >= 11 is 1.87. The van der Waals surface area contributed by atoms with Crippen molar-refractivity contribution in [1.82, 2.24) is 0 Å². The molecule has 2 aromatic heterocycles. The Kier molecular flexibility index (Phi) is 8.49. The van der Waals surface area contributed by atoms with E-state index in [-0.39, 0.29) is 0 Å². The number of aliphatic imine (C=N–C) groups is 2. The zero-order chi connectivity index (χ0) is 38.4. The third-order valence-corrected chi connectivity index (χ3v) is 12.5. The summed E-state index contributed by atoms with van der Waals surface area (Å²) in [6.07, 6.45) is 3.84. The number of rotatable bonds is 6. The molecular formula is C54H36N2OS. The van der Waals surface area contributed by atoms with E-state index < -0.39 is 0 Å². The highest BCUT2D eigenvalue weighted by Crippen LogP contribution is 2.42. The van der Waals surface area contributed by atoms with E-state index >= 15 is 0 Å². The SMILES string of the molecule is C1=C(c2ccc(-c3cccc4c3sc3ccc(-c5ccccc5)cc34)cc2)/N=C(c2ccc(-c3ccccc3)cc2)\N=C(\c2ccc3c(c2)oc2ccccc23)CC\1. The molecule has 1 aliphatic rings. The van der Waals surface area contributed by atoms with Gasteiger partial charge in [-0.3, -0.25) is 0 Å². The number of benzene rings is 8. The maximum atomic E-state index is 6.29. The van der Waals surface area contributed by atoms with Crippen LogP contribution >= 0.6 is 11.3 Å². The Hall–Kier alpha value is -7.14. The Labute approximate surface area is 340 Å². The van der Waals surface area contributed by atoms with Gasteiger partial charge in [0.2, 0.25) is 0 Å². The van der Waals surface area contributed by atoms with E-state index in [0.717, 1.165) is 68.4 Å². The number of nitrogens with zero attached hydrogens (tertiary/aromatic N) is 2. The molecule has 4 heteroatoms. The zero-order valence-electron chi connectivity index (χ0n) is 31.6. The van der Waals surface area contributed by atoms with Gasteiger partial charge in [0.05, 0.1) is 11.4 Å². The summed E-state index contributed by atoms with van der Waals surface area (Å²) in [6, 6.07) is 66.8. The summed E-state index contributed by atoms with van der Waals surface area (Å²) < 4.78 is 8.90. The van der Waals surface area contributed by atoms with Crippen molar-refractivity contribution in [3.63, 3.8) is 0 Å². The van der Waals surface area contributed by atoms with Crippen LogP contribution in [0.2, 0.25) is 0 Å². The van der Waals surface area contributed by atoms with Gasteiger partial charge in [0.15, 0.2) is 5.84 Å². The molecule has 0 aliphatic carbocycles. The summed E-state index contributed by atoms with van der Waals surface area (Å²) in [4.78, 5) is 10.7. The van der Waals surface area contributed by atoms with Gasteiger partial charge in [-0.25, -0.2) is 9.98 Å². The lowest BCUT2D eigenvalue weighted by Gasteiger charge is -2.14. The van der Waals surface area contributed by atoms with Gasteiger partial charge in [0.25, 0.3) is 0 Å². The third kappa shape index (κ3) is 6.25. The van der Waals surface area contributed by atoms with Crippen LogP contribution in [0.15, 0.2) is 209 Å². The van der Waals surface area contributed by atoms with Gasteiger partial charge >= 0.3 is 0 Å². The van der Waals surface area contributed by atoms with Gasteiger partial charge in [-0.15, -0.1) is 11.3 Å². The van der Waals surface area contributed by atoms with Crippen molar-refractivity contribution in [3.8, 4) is 33.4 Å². The highest BCUT2D eigenvalue weighted by Gasteiger charge is 2.17. The normalized spacial score (nSPS) is 16.0. The van der Waals surface area contributed by atoms with Gasteiger partial charge < -0.3 is 4.42 Å². The molecule has 3 heterocycles. The van der Waals surface area contributed by atoms with Gasteiger partial charge in [-0.05, 0) is 87.7 Å². The summed E-state index contributed by atoms with van der Waals surface area (Å²) in [5, 5.41) is 4.84. The van der Waals surface area contributed by atoms with Crippen LogP contribution in [0.5, 0.6) is 0 Å². The van der Waals surface area contributed by atoms with Crippen molar-refractivity contribution < 1.29 is 4.42 Å². The maximum Gasteiger partial charge on any atom is 0.160 e. The topological polar surface area (TPSA) is 37.9 Å². The molecule has 0 atom stereocenters. The van der Waals surface area contributed by atoms with Crippen LogP contribution in [0.4, 0.5) is 0 Å². The lowest BCUT2D eigenvalue weighted by atomic mass is 9.98. The average molecular weight is 761 g/mol. The Balaban J connectivity index is 0.963. The molecule has 0 bridgehead atoms. The monoisotopic (exact) mass is 760 g/mol. The molecule has 0 fully saturated rings. The zero-order valence-corrected chi connectivity index (χ0v) is 32.4. The number of furan rings is 1. The minimum absolute atomic E-state index is 0.694. The van der Waals surface area contributed by atoms with E-state index in [1.807, 2.05) is 29.5 Å². The van der Waals surface area contributed by atoms with Crippen LogP contribution in [-0.4, -0.2) is 11.5 Å². The van der Waals surface area contributed by atoms with E-state index in [2.05, 4.69) is 176 Å². The van der Waals surface area contributed by atoms with Crippen LogP contribution in [0, 0.1) is 0 Å². The molecule has 8 aromatic carbocycles. The Morgan fingerprint density at radius 2 is 1.03 bits per heavy atom. The minimum Gasteiger partial charge on any atom is -0.456 e. The summed E-state index contributed by atoms with van der Waals surface area (Å²) in [7, 11) is 0. The number of amidine groups is 1. The second kappa shape index (κ2) is 14.4. The first-order valence-corrected chi connectivity index (χ1v) is 20.6. The molecule has 0 saturated heterocycles. The summed E-state index contributed by atoms with van der Waals surface area (Å²) in [5.74, 6) is 0.694. The van der Waals surface area contributed by atoms with Crippen LogP contribution in [0.3, 0.4) is 0 Å².